The van der Waals surface area contributed by atoms with Gasteiger partial charge in [-0.15, -0.1) is 0 Å². The van der Waals surface area contributed by atoms with Crippen LogP contribution in [0, 0.1) is 11.6 Å². The van der Waals surface area contributed by atoms with Crippen LogP contribution in [0.15, 0.2) is 34.7 Å². The van der Waals surface area contributed by atoms with Crippen LogP contribution in [-0.4, -0.2) is 6.54 Å². The number of benzene rings is 1. The van der Waals surface area contributed by atoms with Crippen LogP contribution in [0.2, 0.25) is 5.22 Å². The lowest BCUT2D eigenvalue weighted by molar-refractivity contribution is 0.410. The first kappa shape index (κ1) is 15.0. The smallest absolute Gasteiger partial charge is 0.193 e. The van der Waals surface area contributed by atoms with Gasteiger partial charge in [-0.05, 0) is 60.8 Å². The maximum Gasteiger partial charge on any atom is 0.193 e. The molecule has 0 radical (unpaired) electrons. The molecule has 0 bridgehead atoms. The molecule has 0 aliphatic heterocycles. The first-order chi connectivity index (χ1) is 9.60. The molecular formula is C15H16ClF2NO. The van der Waals surface area contributed by atoms with Gasteiger partial charge in [0.1, 0.15) is 5.76 Å². The molecule has 1 unspecified atom stereocenters. The largest absolute Gasteiger partial charge is 0.448 e. The van der Waals surface area contributed by atoms with Crippen molar-refractivity contribution in [2.24, 2.45) is 0 Å². The predicted molar refractivity (Wildman–Crippen MR) is 74.8 cm³/mol. The summed E-state index contributed by atoms with van der Waals surface area (Å²) < 4.78 is 31.6. The molecule has 0 aliphatic carbocycles. The second-order valence-corrected chi connectivity index (χ2v) is 4.97. The van der Waals surface area contributed by atoms with Crippen LogP contribution >= 0.6 is 11.6 Å². The predicted octanol–water partition coefficient (Wildman–Crippen LogP) is 4.49. The van der Waals surface area contributed by atoms with Crippen molar-refractivity contribution in [2.75, 3.05) is 6.54 Å². The molecule has 2 nitrogen and oxygen atoms in total. The first-order valence-corrected chi connectivity index (χ1v) is 6.90. The Bertz CT molecular complexity index is 571. The highest BCUT2D eigenvalue weighted by Crippen LogP contribution is 2.24. The summed E-state index contributed by atoms with van der Waals surface area (Å²) in [5.41, 5.74) is 0.699. The summed E-state index contributed by atoms with van der Waals surface area (Å²) in [5, 5.41) is 3.63. The van der Waals surface area contributed by atoms with Gasteiger partial charge in [-0.2, -0.15) is 0 Å². The Labute approximate surface area is 121 Å². The van der Waals surface area contributed by atoms with Gasteiger partial charge in [0.15, 0.2) is 16.9 Å². The van der Waals surface area contributed by atoms with Crippen LogP contribution in [0.1, 0.15) is 30.7 Å². The van der Waals surface area contributed by atoms with Crippen LogP contribution in [0.4, 0.5) is 8.78 Å². The molecule has 1 N–H and O–H groups in total. The van der Waals surface area contributed by atoms with Gasteiger partial charge in [0.25, 0.3) is 0 Å². The van der Waals surface area contributed by atoms with E-state index in [-0.39, 0.29) is 6.04 Å². The Morgan fingerprint density at radius 1 is 1.20 bits per heavy atom. The Kier molecular flexibility index (Phi) is 5.15. The summed E-state index contributed by atoms with van der Waals surface area (Å²) in [6.45, 7) is 2.85. The van der Waals surface area contributed by atoms with E-state index in [1.165, 1.54) is 6.07 Å². The van der Waals surface area contributed by atoms with E-state index < -0.39 is 11.6 Å². The van der Waals surface area contributed by atoms with Crippen LogP contribution < -0.4 is 5.32 Å². The van der Waals surface area contributed by atoms with E-state index in [1.807, 2.05) is 0 Å². The van der Waals surface area contributed by atoms with E-state index in [2.05, 4.69) is 12.2 Å². The highest BCUT2D eigenvalue weighted by Gasteiger charge is 2.16. The minimum atomic E-state index is -0.840. The van der Waals surface area contributed by atoms with Gasteiger partial charge >= 0.3 is 0 Å². The molecule has 1 atom stereocenters. The quantitative estimate of drug-likeness (QED) is 0.850. The molecule has 0 fully saturated rings. The molecule has 20 heavy (non-hydrogen) atoms. The Morgan fingerprint density at radius 2 is 2.00 bits per heavy atom. The monoisotopic (exact) mass is 299 g/mol. The lowest BCUT2D eigenvalue weighted by Gasteiger charge is -2.16. The third-order valence-electron chi connectivity index (χ3n) is 3.00. The fourth-order valence-corrected chi connectivity index (χ4v) is 2.16. The van der Waals surface area contributed by atoms with Crippen molar-refractivity contribution < 1.29 is 13.2 Å². The topological polar surface area (TPSA) is 25.2 Å². The SMILES string of the molecule is CCCNC(Cc1ccc(F)c(F)c1)c1ccc(Cl)o1. The molecule has 108 valence electrons. The second kappa shape index (κ2) is 6.86. The van der Waals surface area contributed by atoms with E-state index >= 15 is 0 Å². The molecule has 2 aromatic rings. The first-order valence-electron chi connectivity index (χ1n) is 6.52. The molecule has 0 saturated heterocycles. The molecule has 2 rings (SSSR count). The number of furan rings is 1. The van der Waals surface area contributed by atoms with Gasteiger partial charge in [-0.3, -0.25) is 0 Å². The Balaban J connectivity index is 2.16. The van der Waals surface area contributed by atoms with Crippen LogP contribution in [0.3, 0.4) is 0 Å². The van der Waals surface area contributed by atoms with Gasteiger partial charge in [0.05, 0.1) is 6.04 Å². The van der Waals surface area contributed by atoms with E-state index in [9.17, 15) is 8.78 Å². The van der Waals surface area contributed by atoms with Crippen molar-refractivity contribution in [3.05, 3.63) is 58.5 Å². The van der Waals surface area contributed by atoms with Crippen LogP contribution in [0.25, 0.3) is 0 Å². The van der Waals surface area contributed by atoms with E-state index in [0.717, 1.165) is 19.0 Å². The summed E-state index contributed by atoms with van der Waals surface area (Å²) in [6.07, 6.45) is 1.46. The highest BCUT2D eigenvalue weighted by atomic mass is 35.5. The maximum atomic E-state index is 13.2. The van der Waals surface area contributed by atoms with Crippen LogP contribution in [0.5, 0.6) is 0 Å². The van der Waals surface area contributed by atoms with Gasteiger partial charge in [0, 0.05) is 0 Å². The van der Waals surface area contributed by atoms with E-state index in [1.54, 1.807) is 18.2 Å². The highest BCUT2D eigenvalue weighted by molar-refractivity contribution is 6.28. The molecule has 1 aromatic heterocycles. The van der Waals surface area contributed by atoms with Gasteiger partial charge in [0.2, 0.25) is 0 Å². The summed E-state index contributed by atoms with van der Waals surface area (Å²) in [4.78, 5) is 0. The molecule has 0 aliphatic rings. The van der Waals surface area contributed by atoms with Crippen molar-refractivity contribution in [1.29, 1.82) is 0 Å². The third-order valence-corrected chi connectivity index (χ3v) is 3.21. The third kappa shape index (κ3) is 3.81. The fourth-order valence-electron chi connectivity index (χ4n) is 2.01. The average Bonchev–Trinajstić information content (AvgIpc) is 2.85. The summed E-state index contributed by atoms with van der Waals surface area (Å²) in [7, 11) is 0. The maximum absolute atomic E-state index is 13.2. The minimum absolute atomic E-state index is 0.118. The van der Waals surface area contributed by atoms with Crippen LogP contribution in [-0.2, 0) is 6.42 Å². The molecule has 0 saturated carbocycles. The van der Waals surface area contributed by atoms with Crippen molar-refractivity contribution in [1.82, 2.24) is 5.32 Å². The van der Waals surface area contributed by atoms with Crippen molar-refractivity contribution in [3.63, 3.8) is 0 Å². The summed E-state index contributed by atoms with van der Waals surface area (Å²) in [5.74, 6) is -0.990. The zero-order chi connectivity index (χ0) is 14.5. The molecule has 1 heterocycles. The van der Waals surface area contributed by atoms with Crippen molar-refractivity contribution in [3.8, 4) is 0 Å². The normalized spacial score (nSPS) is 12.6. The van der Waals surface area contributed by atoms with Gasteiger partial charge in [-0.25, -0.2) is 8.78 Å². The second-order valence-electron chi connectivity index (χ2n) is 4.60. The Morgan fingerprint density at radius 3 is 2.60 bits per heavy atom. The summed E-state index contributed by atoms with van der Waals surface area (Å²) in [6, 6.07) is 7.26. The van der Waals surface area contributed by atoms with Crippen molar-refractivity contribution in [2.45, 2.75) is 25.8 Å². The van der Waals surface area contributed by atoms with Gasteiger partial charge in [-0.1, -0.05) is 13.0 Å². The standard InChI is InChI=1S/C15H16ClF2NO/c1-2-7-19-13(14-5-6-15(16)20-14)9-10-3-4-11(17)12(18)8-10/h3-6,8,13,19H,2,7,9H2,1H3. The van der Waals surface area contributed by atoms with Gasteiger partial charge < -0.3 is 9.73 Å². The lowest BCUT2D eigenvalue weighted by Crippen LogP contribution is -2.23. The average molecular weight is 300 g/mol. The molecule has 1 aromatic carbocycles. The fraction of sp³-hybridized carbons (Fsp3) is 0.333. The lowest BCUT2D eigenvalue weighted by atomic mass is 10.0. The van der Waals surface area contributed by atoms with E-state index in [4.69, 9.17) is 16.0 Å². The van der Waals surface area contributed by atoms with E-state index in [0.29, 0.717) is 23.0 Å². The zero-order valence-electron chi connectivity index (χ0n) is 11.1. The molecule has 5 heteroatoms. The number of nitrogens with one attached hydrogen (secondary N) is 1. The number of hydrogen-bond acceptors (Lipinski definition) is 2. The number of rotatable bonds is 6. The summed E-state index contributed by atoms with van der Waals surface area (Å²) >= 11 is 5.78. The van der Waals surface area contributed by atoms with Crippen molar-refractivity contribution >= 4 is 11.6 Å². The molecular weight excluding hydrogens is 284 g/mol. The molecule has 0 spiro atoms. The minimum Gasteiger partial charge on any atom is -0.448 e. The molecule has 0 amide bonds. The number of halogens is 3. The zero-order valence-corrected chi connectivity index (χ0v) is 11.9. The Hall–Kier alpha value is -1.39. The number of hydrogen-bond donors (Lipinski definition) is 1.